The molecule has 0 aromatic heterocycles. The summed E-state index contributed by atoms with van der Waals surface area (Å²) < 4.78 is 0. The van der Waals surface area contributed by atoms with Gasteiger partial charge in [0.1, 0.15) is 6.04 Å². The molecule has 3 heterocycles. The van der Waals surface area contributed by atoms with Gasteiger partial charge in [-0.25, -0.2) is 4.79 Å². The van der Waals surface area contributed by atoms with Gasteiger partial charge in [0.05, 0.1) is 0 Å². The number of aryl methyl sites for hydroxylation is 2. The number of hydrogen-bond donors (Lipinski definition) is 3. The number of anilines is 1. The summed E-state index contributed by atoms with van der Waals surface area (Å²) in [5.74, 6) is 0.0600. The Kier molecular flexibility index (Phi) is 11.0. The van der Waals surface area contributed by atoms with E-state index in [0.717, 1.165) is 75.8 Å². The maximum absolute atomic E-state index is 13.9. The number of piperidine rings is 2. The fourth-order valence-electron chi connectivity index (χ4n) is 6.99. The van der Waals surface area contributed by atoms with Crippen molar-refractivity contribution in [1.29, 1.82) is 0 Å². The van der Waals surface area contributed by atoms with Gasteiger partial charge in [0, 0.05) is 50.4 Å². The van der Waals surface area contributed by atoms with Crippen LogP contribution < -0.4 is 16.4 Å². The molecule has 0 saturated carbocycles. The first-order chi connectivity index (χ1) is 20.9. The van der Waals surface area contributed by atoms with E-state index in [1.807, 2.05) is 28.0 Å². The number of amides is 3. The lowest BCUT2D eigenvalue weighted by Crippen LogP contribution is -2.57. The molecule has 3 amide bonds. The number of carbonyl (C=O) groups is 2. The SMILES string of the molecule is CCc1ccc(C[C@@H](NC(=O)N2CCC(NCCc3ccccc3N)CC2)C(=O)N2CCC(N3CCC3)CC2)cc1CC. The Bertz CT molecular complexity index is 1210. The molecule has 2 aromatic rings. The smallest absolute Gasteiger partial charge is 0.318 e. The van der Waals surface area contributed by atoms with Gasteiger partial charge in [-0.3, -0.25) is 4.79 Å². The van der Waals surface area contributed by atoms with Crippen LogP contribution in [-0.2, 0) is 30.5 Å². The van der Waals surface area contributed by atoms with Crippen molar-refractivity contribution in [2.75, 3.05) is 51.5 Å². The number of urea groups is 1. The molecule has 3 aliphatic rings. The van der Waals surface area contributed by atoms with E-state index < -0.39 is 6.04 Å². The summed E-state index contributed by atoms with van der Waals surface area (Å²) in [7, 11) is 0. The summed E-state index contributed by atoms with van der Waals surface area (Å²) in [6, 6.07) is 14.9. The second kappa shape index (κ2) is 15.1. The Labute approximate surface area is 258 Å². The summed E-state index contributed by atoms with van der Waals surface area (Å²) in [5.41, 5.74) is 11.9. The van der Waals surface area contributed by atoms with Crippen molar-refractivity contribution >= 4 is 17.6 Å². The average molecular weight is 589 g/mol. The highest BCUT2D eigenvalue weighted by atomic mass is 16.2. The van der Waals surface area contributed by atoms with Crippen molar-refractivity contribution in [2.45, 2.75) is 89.8 Å². The van der Waals surface area contributed by atoms with E-state index in [-0.39, 0.29) is 11.9 Å². The third kappa shape index (κ3) is 8.09. The van der Waals surface area contributed by atoms with E-state index in [1.165, 1.54) is 36.2 Å². The zero-order chi connectivity index (χ0) is 30.2. The highest BCUT2D eigenvalue weighted by Crippen LogP contribution is 2.23. The van der Waals surface area contributed by atoms with Gasteiger partial charge in [-0.05, 0) is 99.3 Å². The Balaban J connectivity index is 1.17. The van der Waals surface area contributed by atoms with Gasteiger partial charge < -0.3 is 31.1 Å². The van der Waals surface area contributed by atoms with Crippen molar-refractivity contribution in [3.8, 4) is 0 Å². The van der Waals surface area contributed by atoms with Gasteiger partial charge in [-0.2, -0.15) is 0 Å². The molecule has 8 heteroatoms. The van der Waals surface area contributed by atoms with E-state index in [2.05, 4.69) is 53.6 Å². The molecule has 3 aliphatic heterocycles. The lowest BCUT2D eigenvalue weighted by Gasteiger charge is -2.43. The van der Waals surface area contributed by atoms with Crippen molar-refractivity contribution in [2.24, 2.45) is 0 Å². The van der Waals surface area contributed by atoms with Crippen LogP contribution in [-0.4, -0.2) is 90.6 Å². The normalized spacial score (nSPS) is 19.2. The van der Waals surface area contributed by atoms with Gasteiger partial charge in [0.15, 0.2) is 0 Å². The Morgan fingerprint density at radius 1 is 0.860 bits per heavy atom. The van der Waals surface area contributed by atoms with Gasteiger partial charge in [-0.15, -0.1) is 0 Å². The average Bonchev–Trinajstić information content (AvgIpc) is 3.01. The van der Waals surface area contributed by atoms with E-state index in [4.69, 9.17) is 5.73 Å². The lowest BCUT2D eigenvalue weighted by atomic mass is 9.95. The third-order valence-corrected chi connectivity index (χ3v) is 9.92. The van der Waals surface area contributed by atoms with Gasteiger partial charge in [0.25, 0.3) is 0 Å². The summed E-state index contributed by atoms with van der Waals surface area (Å²) in [6.07, 6.45) is 8.52. The highest BCUT2D eigenvalue weighted by Gasteiger charge is 2.34. The Hall–Kier alpha value is -3.10. The molecule has 4 N–H and O–H groups in total. The van der Waals surface area contributed by atoms with Crippen LogP contribution in [0.1, 0.15) is 68.2 Å². The number of rotatable bonds is 11. The van der Waals surface area contributed by atoms with E-state index in [0.29, 0.717) is 31.6 Å². The van der Waals surface area contributed by atoms with Gasteiger partial charge in [0.2, 0.25) is 5.91 Å². The topological polar surface area (TPSA) is 93.9 Å². The standard InChI is InChI=1S/C35H52N6O2/c1-3-27-11-10-26(24-28(27)4-2)25-33(34(42)40-22-15-31(16-23-40)39-18-7-19-39)38-35(43)41-20-13-30(14-21-41)37-17-12-29-8-5-6-9-32(29)36/h5-6,8-11,24,30-31,33,37H,3-4,7,12-23,25,36H2,1-2H3,(H,38,43)/t33-/m1/s1. The minimum Gasteiger partial charge on any atom is -0.399 e. The molecule has 234 valence electrons. The van der Waals surface area contributed by atoms with Crippen LogP contribution in [0.25, 0.3) is 0 Å². The monoisotopic (exact) mass is 588 g/mol. The van der Waals surface area contributed by atoms with E-state index in [1.54, 1.807) is 0 Å². The molecule has 1 atom stereocenters. The molecule has 3 fully saturated rings. The molecule has 3 saturated heterocycles. The molecule has 8 nitrogen and oxygen atoms in total. The van der Waals surface area contributed by atoms with Crippen LogP contribution in [0.5, 0.6) is 0 Å². The predicted molar refractivity (Wildman–Crippen MR) is 174 cm³/mol. The number of hydrogen-bond acceptors (Lipinski definition) is 5. The number of nitrogen functional groups attached to an aromatic ring is 1. The first-order valence-electron chi connectivity index (χ1n) is 16.7. The molecule has 43 heavy (non-hydrogen) atoms. The zero-order valence-corrected chi connectivity index (χ0v) is 26.3. The van der Waals surface area contributed by atoms with Crippen LogP contribution in [0.2, 0.25) is 0 Å². The molecular formula is C35H52N6O2. The predicted octanol–water partition coefficient (Wildman–Crippen LogP) is 4.01. The summed E-state index contributed by atoms with van der Waals surface area (Å²) in [5, 5.41) is 6.84. The second-order valence-corrected chi connectivity index (χ2v) is 12.6. The second-order valence-electron chi connectivity index (χ2n) is 12.6. The van der Waals surface area contributed by atoms with Crippen LogP contribution in [0, 0.1) is 0 Å². The molecule has 0 spiro atoms. The van der Waals surface area contributed by atoms with Crippen LogP contribution in [0.4, 0.5) is 10.5 Å². The Morgan fingerprint density at radius 2 is 1.56 bits per heavy atom. The quantitative estimate of drug-likeness (QED) is 0.345. The van der Waals surface area contributed by atoms with Crippen molar-refractivity contribution in [3.63, 3.8) is 0 Å². The maximum Gasteiger partial charge on any atom is 0.318 e. The summed E-state index contributed by atoms with van der Waals surface area (Å²) in [4.78, 5) is 33.9. The molecule has 0 radical (unpaired) electrons. The molecule has 0 bridgehead atoms. The summed E-state index contributed by atoms with van der Waals surface area (Å²) >= 11 is 0. The van der Waals surface area contributed by atoms with Crippen LogP contribution >= 0.6 is 0 Å². The van der Waals surface area contributed by atoms with Gasteiger partial charge >= 0.3 is 6.03 Å². The fraction of sp³-hybridized carbons (Fsp3) is 0.600. The minimum atomic E-state index is -0.558. The Morgan fingerprint density at radius 3 is 2.21 bits per heavy atom. The molecular weight excluding hydrogens is 536 g/mol. The highest BCUT2D eigenvalue weighted by molar-refractivity contribution is 5.87. The lowest BCUT2D eigenvalue weighted by molar-refractivity contribution is -0.135. The number of nitrogens with one attached hydrogen (secondary N) is 2. The first kappa shape index (κ1) is 31.3. The molecule has 0 aliphatic carbocycles. The van der Waals surface area contributed by atoms with Crippen molar-refractivity contribution in [3.05, 3.63) is 64.7 Å². The van der Waals surface area contributed by atoms with Crippen molar-refractivity contribution < 1.29 is 9.59 Å². The molecule has 2 aromatic carbocycles. The molecule has 5 rings (SSSR count). The maximum atomic E-state index is 13.9. The number of para-hydroxylation sites is 1. The number of benzene rings is 2. The summed E-state index contributed by atoms with van der Waals surface area (Å²) in [6.45, 7) is 10.5. The fourth-order valence-corrected chi connectivity index (χ4v) is 6.99. The first-order valence-corrected chi connectivity index (χ1v) is 16.7. The van der Waals surface area contributed by atoms with E-state index >= 15 is 0 Å². The number of carbonyl (C=O) groups excluding carboxylic acids is 2. The molecule has 0 unspecified atom stereocenters. The van der Waals surface area contributed by atoms with Crippen molar-refractivity contribution in [1.82, 2.24) is 25.3 Å². The van der Waals surface area contributed by atoms with Crippen LogP contribution in [0.15, 0.2) is 42.5 Å². The van der Waals surface area contributed by atoms with Crippen LogP contribution in [0.3, 0.4) is 0 Å². The third-order valence-electron chi connectivity index (χ3n) is 9.92. The number of nitrogens with zero attached hydrogens (tertiary/aromatic N) is 3. The minimum absolute atomic E-state index is 0.0600. The van der Waals surface area contributed by atoms with Gasteiger partial charge in [-0.1, -0.05) is 50.2 Å². The number of likely N-dealkylation sites (tertiary alicyclic amines) is 3. The number of nitrogens with two attached hydrogens (primary N) is 1. The zero-order valence-electron chi connectivity index (χ0n) is 26.3. The van der Waals surface area contributed by atoms with E-state index in [9.17, 15) is 9.59 Å². The largest absolute Gasteiger partial charge is 0.399 e.